The number of fused-ring (bicyclic) bond motifs is 1. The number of pyridine rings is 1. The number of carbonyl (C=O) groups excluding carboxylic acids is 1. The normalized spacial score (nSPS) is 11.6. The molecule has 0 radical (unpaired) electrons. The Morgan fingerprint density at radius 1 is 1.13 bits per heavy atom. The van der Waals surface area contributed by atoms with Gasteiger partial charge in [0.25, 0.3) is 5.91 Å². The van der Waals surface area contributed by atoms with Crippen LogP contribution in [0.5, 0.6) is 0 Å². The van der Waals surface area contributed by atoms with E-state index >= 15 is 0 Å². The van der Waals surface area contributed by atoms with Gasteiger partial charge in [0.15, 0.2) is 0 Å². The van der Waals surface area contributed by atoms with Gasteiger partial charge >= 0.3 is 6.18 Å². The highest BCUT2D eigenvalue weighted by Crippen LogP contribution is 2.29. The molecule has 0 aliphatic carbocycles. The average Bonchev–Trinajstić information content (AvgIpc) is 2.96. The molecule has 3 rings (SSSR count). The van der Waals surface area contributed by atoms with E-state index in [1.165, 1.54) is 18.3 Å². The maximum Gasteiger partial charge on any atom is 0.416 e. The number of carbonyl (C=O) groups is 1. The first kappa shape index (κ1) is 15.1. The minimum atomic E-state index is -4.36. The SMILES string of the molecule is O=C(NCc1ccc(C(F)(F)F)cc1)c1cnn2ccccc12. The van der Waals surface area contributed by atoms with Gasteiger partial charge in [-0.25, -0.2) is 4.52 Å². The summed E-state index contributed by atoms with van der Waals surface area (Å²) in [5.74, 6) is -0.328. The molecule has 0 fully saturated rings. The summed E-state index contributed by atoms with van der Waals surface area (Å²) >= 11 is 0. The van der Waals surface area contributed by atoms with Gasteiger partial charge in [0.05, 0.1) is 22.8 Å². The summed E-state index contributed by atoms with van der Waals surface area (Å²) in [6.07, 6.45) is -1.18. The van der Waals surface area contributed by atoms with Gasteiger partial charge in [-0.15, -0.1) is 0 Å². The Labute approximate surface area is 129 Å². The zero-order chi connectivity index (χ0) is 16.4. The lowest BCUT2D eigenvalue weighted by Gasteiger charge is -2.08. The highest BCUT2D eigenvalue weighted by Gasteiger charge is 2.29. The van der Waals surface area contributed by atoms with E-state index in [4.69, 9.17) is 0 Å². The summed E-state index contributed by atoms with van der Waals surface area (Å²) in [5, 5.41) is 6.74. The van der Waals surface area contributed by atoms with Crippen LogP contribution in [0.2, 0.25) is 0 Å². The first-order chi connectivity index (χ1) is 10.9. The average molecular weight is 319 g/mol. The molecule has 0 spiro atoms. The number of hydrogen-bond donors (Lipinski definition) is 1. The third kappa shape index (κ3) is 3.18. The number of hydrogen-bond acceptors (Lipinski definition) is 2. The molecule has 23 heavy (non-hydrogen) atoms. The fraction of sp³-hybridized carbons (Fsp3) is 0.125. The molecule has 0 saturated heterocycles. The van der Waals surface area contributed by atoms with Crippen molar-refractivity contribution in [2.24, 2.45) is 0 Å². The predicted molar refractivity (Wildman–Crippen MR) is 77.8 cm³/mol. The van der Waals surface area contributed by atoms with Crippen LogP contribution in [0.1, 0.15) is 21.5 Å². The van der Waals surface area contributed by atoms with Gasteiger partial charge in [0, 0.05) is 12.7 Å². The van der Waals surface area contributed by atoms with Crippen LogP contribution in [0.4, 0.5) is 13.2 Å². The largest absolute Gasteiger partial charge is 0.416 e. The van der Waals surface area contributed by atoms with Crippen molar-refractivity contribution < 1.29 is 18.0 Å². The fourth-order valence-electron chi connectivity index (χ4n) is 2.20. The number of rotatable bonds is 3. The van der Waals surface area contributed by atoms with E-state index in [1.54, 1.807) is 28.9 Å². The van der Waals surface area contributed by atoms with E-state index in [0.29, 0.717) is 16.6 Å². The molecule has 0 unspecified atom stereocenters. The maximum atomic E-state index is 12.5. The molecule has 0 aliphatic heterocycles. The van der Waals surface area contributed by atoms with E-state index in [-0.39, 0.29) is 12.5 Å². The number of alkyl halides is 3. The monoisotopic (exact) mass is 319 g/mol. The first-order valence-corrected chi connectivity index (χ1v) is 6.82. The number of amides is 1. The van der Waals surface area contributed by atoms with Crippen molar-refractivity contribution >= 4 is 11.4 Å². The van der Waals surface area contributed by atoms with Gasteiger partial charge in [-0.3, -0.25) is 4.79 Å². The van der Waals surface area contributed by atoms with Crippen molar-refractivity contribution in [2.45, 2.75) is 12.7 Å². The van der Waals surface area contributed by atoms with Crippen molar-refractivity contribution in [2.75, 3.05) is 0 Å². The van der Waals surface area contributed by atoms with Crippen LogP contribution < -0.4 is 5.32 Å². The molecular formula is C16H12F3N3O. The molecule has 1 N–H and O–H groups in total. The molecule has 0 atom stereocenters. The summed E-state index contributed by atoms with van der Waals surface area (Å²) < 4.78 is 39.0. The van der Waals surface area contributed by atoms with E-state index in [2.05, 4.69) is 10.4 Å². The molecule has 4 nitrogen and oxygen atoms in total. The van der Waals surface area contributed by atoms with Crippen LogP contribution in [-0.4, -0.2) is 15.5 Å². The second-order valence-electron chi connectivity index (χ2n) is 4.97. The molecule has 1 aromatic carbocycles. The molecule has 2 aromatic heterocycles. The van der Waals surface area contributed by atoms with E-state index in [0.717, 1.165) is 12.1 Å². The second-order valence-corrected chi connectivity index (χ2v) is 4.97. The number of aromatic nitrogens is 2. The van der Waals surface area contributed by atoms with Crippen molar-refractivity contribution in [3.05, 3.63) is 71.5 Å². The number of nitrogens with zero attached hydrogens (tertiary/aromatic N) is 2. The topological polar surface area (TPSA) is 46.4 Å². The standard InChI is InChI=1S/C16H12F3N3O/c17-16(18,19)12-6-4-11(5-7-12)9-20-15(23)13-10-21-22-8-2-1-3-14(13)22/h1-8,10H,9H2,(H,20,23). The van der Waals surface area contributed by atoms with E-state index < -0.39 is 11.7 Å². The Morgan fingerprint density at radius 3 is 2.57 bits per heavy atom. The van der Waals surface area contributed by atoms with Gasteiger partial charge < -0.3 is 5.32 Å². The Kier molecular flexibility index (Phi) is 3.77. The molecule has 2 heterocycles. The summed E-state index contributed by atoms with van der Waals surface area (Å²) in [5.41, 5.74) is 0.952. The van der Waals surface area contributed by atoms with Crippen LogP contribution in [-0.2, 0) is 12.7 Å². The minimum Gasteiger partial charge on any atom is -0.348 e. The van der Waals surface area contributed by atoms with Crippen LogP contribution >= 0.6 is 0 Å². The highest BCUT2D eigenvalue weighted by molar-refractivity contribution is 6.00. The van der Waals surface area contributed by atoms with Gasteiger partial charge in [0.2, 0.25) is 0 Å². The zero-order valence-electron chi connectivity index (χ0n) is 11.8. The molecule has 0 aliphatic rings. The Balaban J connectivity index is 1.69. The Morgan fingerprint density at radius 2 is 1.87 bits per heavy atom. The predicted octanol–water partition coefficient (Wildman–Crippen LogP) is 3.28. The van der Waals surface area contributed by atoms with Crippen LogP contribution in [0.3, 0.4) is 0 Å². The van der Waals surface area contributed by atoms with Crippen LogP contribution in [0.15, 0.2) is 54.9 Å². The molecule has 1 amide bonds. The molecule has 7 heteroatoms. The van der Waals surface area contributed by atoms with E-state index in [9.17, 15) is 18.0 Å². The van der Waals surface area contributed by atoms with Gasteiger partial charge in [-0.05, 0) is 29.8 Å². The minimum absolute atomic E-state index is 0.140. The first-order valence-electron chi connectivity index (χ1n) is 6.82. The van der Waals surface area contributed by atoms with Crippen LogP contribution in [0.25, 0.3) is 5.52 Å². The third-order valence-electron chi connectivity index (χ3n) is 3.41. The smallest absolute Gasteiger partial charge is 0.348 e. The third-order valence-corrected chi connectivity index (χ3v) is 3.41. The fourth-order valence-corrected chi connectivity index (χ4v) is 2.20. The number of nitrogens with one attached hydrogen (secondary N) is 1. The summed E-state index contributed by atoms with van der Waals surface area (Å²) in [6.45, 7) is 0.140. The van der Waals surface area contributed by atoms with Gasteiger partial charge in [-0.2, -0.15) is 18.3 Å². The van der Waals surface area contributed by atoms with Crippen molar-refractivity contribution in [1.29, 1.82) is 0 Å². The maximum absolute atomic E-state index is 12.5. The summed E-state index contributed by atoms with van der Waals surface area (Å²) in [4.78, 5) is 12.2. The van der Waals surface area contributed by atoms with Gasteiger partial charge in [0.1, 0.15) is 0 Å². The Hall–Kier alpha value is -2.83. The quantitative estimate of drug-likeness (QED) is 0.805. The lowest BCUT2D eigenvalue weighted by molar-refractivity contribution is -0.137. The van der Waals surface area contributed by atoms with Crippen LogP contribution in [0, 0.1) is 0 Å². The van der Waals surface area contributed by atoms with Crippen molar-refractivity contribution in [3.8, 4) is 0 Å². The van der Waals surface area contributed by atoms with Crippen molar-refractivity contribution in [3.63, 3.8) is 0 Å². The second kappa shape index (κ2) is 5.75. The van der Waals surface area contributed by atoms with Crippen molar-refractivity contribution in [1.82, 2.24) is 14.9 Å². The molecule has 0 saturated carbocycles. The molecule has 118 valence electrons. The number of halogens is 3. The number of benzene rings is 1. The molecule has 3 aromatic rings. The highest BCUT2D eigenvalue weighted by atomic mass is 19.4. The molecular weight excluding hydrogens is 307 g/mol. The Bertz CT molecular complexity index is 838. The zero-order valence-corrected chi connectivity index (χ0v) is 11.8. The van der Waals surface area contributed by atoms with E-state index in [1.807, 2.05) is 0 Å². The molecule has 0 bridgehead atoms. The lowest BCUT2D eigenvalue weighted by atomic mass is 10.1. The summed E-state index contributed by atoms with van der Waals surface area (Å²) in [6, 6.07) is 10.0. The summed E-state index contributed by atoms with van der Waals surface area (Å²) in [7, 11) is 0. The van der Waals surface area contributed by atoms with Gasteiger partial charge in [-0.1, -0.05) is 18.2 Å². The lowest BCUT2D eigenvalue weighted by Crippen LogP contribution is -2.22.